The highest BCUT2D eigenvalue weighted by atomic mass is 79.9. The lowest BCUT2D eigenvalue weighted by Gasteiger charge is -2.28. The monoisotopic (exact) mass is 340 g/mol. The molecule has 4 nitrogen and oxygen atoms in total. The summed E-state index contributed by atoms with van der Waals surface area (Å²) in [6, 6.07) is 2.66. The summed E-state index contributed by atoms with van der Waals surface area (Å²) in [5, 5.41) is 0. The van der Waals surface area contributed by atoms with E-state index in [9.17, 15) is 0 Å². The number of likely N-dealkylation sites (tertiary alicyclic amines) is 1. The van der Waals surface area contributed by atoms with Crippen molar-refractivity contribution in [3.05, 3.63) is 16.5 Å². The average Bonchev–Trinajstić information content (AvgIpc) is 2.85. The van der Waals surface area contributed by atoms with Crippen LogP contribution in [0.15, 0.2) is 10.7 Å². The van der Waals surface area contributed by atoms with Gasteiger partial charge in [-0.25, -0.2) is 9.97 Å². The van der Waals surface area contributed by atoms with E-state index in [0.717, 1.165) is 29.3 Å². The minimum Gasteiger partial charge on any atom is -0.358 e. The van der Waals surface area contributed by atoms with Crippen molar-refractivity contribution in [1.82, 2.24) is 14.9 Å². The number of hydrogen-bond acceptors (Lipinski definition) is 4. The minimum absolute atomic E-state index is 0.346. The zero-order chi connectivity index (χ0) is 14.7. The van der Waals surface area contributed by atoms with Crippen LogP contribution >= 0.6 is 15.9 Å². The highest BCUT2D eigenvalue weighted by Crippen LogP contribution is 2.22. The number of rotatable bonds is 5. The number of hydrogen-bond donors (Lipinski definition) is 0. The Balaban J connectivity index is 2.10. The number of aromatic nitrogens is 2. The molecule has 1 aromatic heterocycles. The Hall–Kier alpha value is -0.680. The Bertz CT molecular complexity index is 449. The molecule has 5 heteroatoms. The fraction of sp³-hybridized carbons (Fsp3) is 0.733. The van der Waals surface area contributed by atoms with Crippen LogP contribution in [0.25, 0.3) is 0 Å². The van der Waals surface area contributed by atoms with Crippen LogP contribution in [-0.4, -0.2) is 47.6 Å². The van der Waals surface area contributed by atoms with Gasteiger partial charge in [0.15, 0.2) is 0 Å². The molecule has 1 saturated heterocycles. The van der Waals surface area contributed by atoms with Crippen LogP contribution in [0.5, 0.6) is 0 Å². The van der Waals surface area contributed by atoms with Crippen LogP contribution in [0.1, 0.15) is 45.4 Å². The Morgan fingerprint density at radius 3 is 2.85 bits per heavy atom. The predicted octanol–water partition coefficient (Wildman–Crippen LogP) is 3.28. The minimum atomic E-state index is 0.346. The molecule has 1 aromatic rings. The van der Waals surface area contributed by atoms with Gasteiger partial charge < -0.3 is 4.90 Å². The van der Waals surface area contributed by atoms with E-state index in [-0.39, 0.29) is 0 Å². The normalized spacial score (nSPS) is 19.8. The van der Waals surface area contributed by atoms with Crippen molar-refractivity contribution in [3.8, 4) is 0 Å². The van der Waals surface area contributed by atoms with Gasteiger partial charge in [-0.1, -0.05) is 20.8 Å². The zero-order valence-corrected chi connectivity index (χ0v) is 14.5. The molecule has 0 amide bonds. The molecule has 0 bridgehead atoms. The van der Waals surface area contributed by atoms with Crippen LogP contribution in [0.3, 0.4) is 0 Å². The van der Waals surface area contributed by atoms with Crippen molar-refractivity contribution >= 4 is 21.7 Å². The molecule has 112 valence electrons. The summed E-state index contributed by atoms with van der Waals surface area (Å²) < 4.78 is 0.872. The second kappa shape index (κ2) is 6.85. The SMILES string of the molecule is CCN1CCCC1CN(C)c1cc(Br)nc(C(C)C)n1. The molecule has 0 aliphatic carbocycles. The summed E-state index contributed by atoms with van der Waals surface area (Å²) in [6.07, 6.45) is 2.61. The van der Waals surface area contributed by atoms with Gasteiger partial charge in [0.2, 0.25) is 0 Å². The number of nitrogens with zero attached hydrogens (tertiary/aromatic N) is 4. The molecule has 2 heterocycles. The van der Waals surface area contributed by atoms with Crippen LogP contribution < -0.4 is 4.90 Å². The smallest absolute Gasteiger partial charge is 0.134 e. The van der Waals surface area contributed by atoms with E-state index in [1.54, 1.807) is 0 Å². The van der Waals surface area contributed by atoms with E-state index >= 15 is 0 Å². The van der Waals surface area contributed by atoms with Gasteiger partial charge >= 0.3 is 0 Å². The van der Waals surface area contributed by atoms with Gasteiger partial charge in [-0.3, -0.25) is 4.90 Å². The molecular weight excluding hydrogens is 316 g/mol. The summed E-state index contributed by atoms with van der Waals surface area (Å²) in [4.78, 5) is 14.0. The highest BCUT2D eigenvalue weighted by molar-refractivity contribution is 9.10. The third kappa shape index (κ3) is 3.70. The second-order valence-corrected chi connectivity index (χ2v) is 6.68. The molecule has 1 fully saturated rings. The van der Waals surface area contributed by atoms with Gasteiger partial charge in [0, 0.05) is 31.6 Å². The van der Waals surface area contributed by atoms with Gasteiger partial charge in [-0.2, -0.15) is 0 Å². The van der Waals surface area contributed by atoms with Crippen molar-refractivity contribution in [1.29, 1.82) is 0 Å². The summed E-state index contributed by atoms with van der Waals surface area (Å²) in [5.41, 5.74) is 0. The van der Waals surface area contributed by atoms with Crippen molar-refractivity contribution in [3.63, 3.8) is 0 Å². The first-order valence-corrected chi connectivity index (χ1v) is 8.30. The second-order valence-electron chi connectivity index (χ2n) is 5.87. The first-order chi connectivity index (χ1) is 9.51. The largest absolute Gasteiger partial charge is 0.358 e. The highest BCUT2D eigenvalue weighted by Gasteiger charge is 2.24. The van der Waals surface area contributed by atoms with Crippen LogP contribution in [0.2, 0.25) is 0 Å². The lowest BCUT2D eigenvalue weighted by atomic mass is 10.2. The Morgan fingerprint density at radius 2 is 2.20 bits per heavy atom. The van der Waals surface area contributed by atoms with Crippen molar-refractivity contribution < 1.29 is 0 Å². The van der Waals surface area contributed by atoms with Crippen LogP contribution in [0.4, 0.5) is 5.82 Å². The Morgan fingerprint density at radius 1 is 1.45 bits per heavy atom. The maximum atomic E-state index is 4.69. The lowest BCUT2D eigenvalue weighted by Crippen LogP contribution is -2.39. The van der Waals surface area contributed by atoms with Crippen LogP contribution in [-0.2, 0) is 0 Å². The number of anilines is 1. The molecule has 1 aliphatic heterocycles. The molecule has 1 atom stereocenters. The maximum absolute atomic E-state index is 4.69. The molecule has 0 spiro atoms. The maximum Gasteiger partial charge on any atom is 0.134 e. The summed E-state index contributed by atoms with van der Waals surface area (Å²) in [7, 11) is 2.13. The molecule has 0 N–H and O–H groups in total. The summed E-state index contributed by atoms with van der Waals surface area (Å²) in [5.74, 6) is 2.26. The predicted molar refractivity (Wildman–Crippen MR) is 87.4 cm³/mol. The van der Waals surface area contributed by atoms with E-state index in [1.165, 1.54) is 19.4 Å². The van der Waals surface area contributed by atoms with E-state index in [2.05, 4.69) is 58.5 Å². The molecule has 0 aromatic carbocycles. The lowest BCUT2D eigenvalue weighted by molar-refractivity contribution is 0.270. The van der Waals surface area contributed by atoms with Crippen molar-refractivity contribution in [2.75, 3.05) is 31.6 Å². The van der Waals surface area contributed by atoms with Crippen molar-refractivity contribution in [2.45, 2.75) is 45.6 Å². The number of likely N-dealkylation sites (N-methyl/N-ethyl adjacent to an activating group) is 2. The van der Waals surface area contributed by atoms with E-state index in [4.69, 9.17) is 4.98 Å². The van der Waals surface area contributed by atoms with E-state index in [0.29, 0.717) is 12.0 Å². The summed E-state index contributed by atoms with van der Waals surface area (Å²) >= 11 is 3.50. The van der Waals surface area contributed by atoms with E-state index in [1.807, 2.05) is 6.07 Å². The zero-order valence-electron chi connectivity index (χ0n) is 12.9. The number of halogens is 1. The van der Waals surface area contributed by atoms with Gasteiger partial charge in [0.1, 0.15) is 16.2 Å². The molecule has 2 rings (SSSR count). The first kappa shape index (κ1) is 15.7. The molecule has 1 aliphatic rings. The third-order valence-corrected chi connectivity index (χ3v) is 4.40. The van der Waals surface area contributed by atoms with Gasteiger partial charge in [-0.15, -0.1) is 0 Å². The Kier molecular flexibility index (Phi) is 5.38. The quantitative estimate of drug-likeness (QED) is 0.770. The summed E-state index contributed by atoms with van der Waals surface area (Å²) in [6.45, 7) is 9.91. The molecule has 0 radical (unpaired) electrons. The fourth-order valence-corrected chi connectivity index (χ4v) is 3.19. The fourth-order valence-electron chi connectivity index (χ4n) is 2.80. The first-order valence-electron chi connectivity index (χ1n) is 7.51. The van der Waals surface area contributed by atoms with E-state index < -0.39 is 0 Å². The topological polar surface area (TPSA) is 32.3 Å². The molecule has 0 saturated carbocycles. The van der Waals surface area contributed by atoms with Gasteiger partial charge in [0.25, 0.3) is 0 Å². The average molecular weight is 341 g/mol. The standard InChI is InChI=1S/C15H25BrN4/c1-5-20-8-6-7-12(20)10-19(4)14-9-13(16)17-15(18-14)11(2)3/h9,11-12H,5-8,10H2,1-4H3. The van der Waals surface area contributed by atoms with Gasteiger partial charge in [-0.05, 0) is 41.9 Å². The molecule has 1 unspecified atom stereocenters. The molecular formula is C15H25BrN4. The van der Waals surface area contributed by atoms with Crippen molar-refractivity contribution in [2.24, 2.45) is 0 Å². The van der Waals surface area contributed by atoms with Crippen LogP contribution in [0, 0.1) is 0 Å². The molecule has 20 heavy (non-hydrogen) atoms. The third-order valence-electron chi connectivity index (χ3n) is 4.00. The Labute approximate surface area is 130 Å². The van der Waals surface area contributed by atoms with Gasteiger partial charge in [0.05, 0.1) is 0 Å².